The topological polar surface area (TPSA) is 0 Å². The van der Waals surface area contributed by atoms with Gasteiger partial charge < -0.3 is 0 Å². The third kappa shape index (κ3) is 2.01. The van der Waals surface area contributed by atoms with Gasteiger partial charge in [-0.25, -0.2) is 0 Å². The second kappa shape index (κ2) is 5.38. The Balaban J connectivity index is 1.62. The van der Waals surface area contributed by atoms with Crippen LogP contribution in [0.5, 0.6) is 0 Å². The van der Waals surface area contributed by atoms with Gasteiger partial charge in [-0.2, -0.15) is 0 Å². The predicted molar refractivity (Wildman–Crippen MR) is 94.7 cm³/mol. The SMILES string of the molecule is CCC[C@H]1CC[C@H]2[C@@H]3CCC4=CCCC[C@]4(C)[C@H]3CC[C@]12C. The normalized spacial score (nSPS) is 50.8. The van der Waals surface area contributed by atoms with E-state index in [2.05, 4.69) is 26.8 Å². The van der Waals surface area contributed by atoms with E-state index in [1.54, 1.807) is 6.42 Å². The average molecular weight is 301 g/mol. The van der Waals surface area contributed by atoms with Crippen LogP contribution in [0.4, 0.5) is 0 Å². The number of rotatable bonds is 2. The largest absolute Gasteiger partial charge is 0.0848 e. The zero-order chi connectivity index (χ0) is 15.4. The first-order chi connectivity index (χ1) is 10.6. The van der Waals surface area contributed by atoms with Crippen LogP contribution in [0, 0.1) is 34.5 Å². The summed E-state index contributed by atoms with van der Waals surface area (Å²) in [6.45, 7) is 7.73. The van der Waals surface area contributed by atoms with E-state index in [1.807, 2.05) is 5.57 Å². The molecule has 0 unspecified atom stereocenters. The lowest BCUT2D eigenvalue weighted by Crippen LogP contribution is -2.50. The van der Waals surface area contributed by atoms with Gasteiger partial charge in [0.2, 0.25) is 0 Å². The zero-order valence-corrected chi connectivity index (χ0v) is 15.2. The van der Waals surface area contributed by atoms with Crippen molar-refractivity contribution < 1.29 is 0 Å². The fraction of sp³-hybridized carbons (Fsp3) is 0.909. The predicted octanol–water partition coefficient (Wildman–Crippen LogP) is 6.76. The van der Waals surface area contributed by atoms with Crippen LogP contribution in [0.2, 0.25) is 0 Å². The van der Waals surface area contributed by atoms with Crippen molar-refractivity contribution >= 4 is 0 Å². The molecule has 0 aromatic heterocycles. The van der Waals surface area contributed by atoms with E-state index in [0.29, 0.717) is 10.8 Å². The highest BCUT2D eigenvalue weighted by atomic mass is 14.6. The Morgan fingerprint density at radius 3 is 2.73 bits per heavy atom. The molecule has 0 radical (unpaired) electrons. The summed E-state index contributed by atoms with van der Waals surface area (Å²) in [4.78, 5) is 0. The Kier molecular flexibility index (Phi) is 3.74. The number of allylic oxidation sites excluding steroid dienone is 2. The molecular formula is C22H36. The molecule has 3 fully saturated rings. The van der Waals surface area contributed by atoms with Crippen molar-refractivity contribution in [1.29, 1.82) is 0 Å². The van der Waals surface area contributed by atoms with Crippen LogP contribution >= 0.6 is 0 Å². The third-order valence-corrected chi connectivity index (χ3v) is 8.86. The molecule has 0 saturated heterocycles. The maximum Gasteiger partial charge on any atom is -0.00853 e. The van der Waals surface area contributed by atoms with Gasteiger partial charge in [0.25, 0.3) is 0 Å². The minimum absolute atomic E-state index is 0.589. The van der Waals surface area contributed by atoms with E-state index >= 15 is 0 Å². The van der Waals surface area contributed by atoms with Gasteiger partial charge in [-0.05, 0) is 92.3 Å². The number of hydrogen-bond acceptors (Lipinski definition) is 0. The monoisotopic (exact) mass is 300 g/mol. The first kappa shape index (κ1) is 15.3. The molecule has 124 valence electrons. The van der Waals surface area contributed by atoms with Crippen LogP contribution in [0.25, 0.3) is 0 Å². The van der Waals surface area contributed by atoms with Crippen LogP contribution in [-0.2, 0) is 0 Å². The van der Waals surface area contributed by atoms with Crippen molar-refractivity contribution in [3.63, 3.8) is 0 Å². The molecule has 3 saturated carbocycles. The molecule has 0 N–H and O–H groups in total. The molecule has 0 aromatic rings. The quantitative estimate of drug-likeness (QED) is 0.494. The van der Waals surface area contributed by atoms with Gasteiger partial charge in [-0.1, -0.05) is 45.3 Å². The maximum atomic E-state index is 2.69. The van der Waals surface area contributed by atoms with Gasteiger partial charge in [-0.15, -0.1) is 0 Å². The lowest BCUT2D eigenvalue weighted by molar-refractivity contribution is -0.0521. The van der Waals surface area contributed by atoms with E-state index in [4.69, 9.17) is 0 Å². The highest BCUT2D eigenvalue weighted by molar-refractivity contribution is 5.23. The van der Waals surface area contributed by atoms with E-state index in [0.717, 1.165) is 23.7 Å². The van der Waals surface area contributed by atoms with Crippen molar-refractivity contribution in [2.45, 2.75) is 91.4 Å². The van der Waals surface area contributed by atoms with Crippen molar-refractivity contribution in [2.24, 2.45) is 34.5 Å². The Labute approximate surface area is 138 Å². The second-order valence-corrected chi connectivity index (χ2v) is 9.56. The molecule has 0 aliphatic heterocycles. The van der Waals surface area contributed by atoms with Crippen LogP contribution in [0.15, 0.2) is 11.6 Å². The second-order valence-electron chi connectivity index (χ2n) is 9.56. The van der Waals surface area contributed by atoms with Gasteiger partial charge >= 0.3 is 0 Å². The van der Waals surface area contributed by atoms with Gasteiger partial charge in [-0.3, -0.25) is 0 Å². The van der Waals surface area contributed by atoms with E-state index in [-0.39, 0.29) is 0 Å². The average Bonchev–Trinajstić information content (AvgIpc) is 2.84. The summed E-state index contributed by atoms with van der Waals surface area (Å²) in [7, 11) is 0. The highest BCUT2D eigenvalue weighted by Gasteiger charge is 2.58. The van der Waals surface area contributed by atoms with E-state index in [1.165, 1.54) is 64.2 Å². The fourth-order valence-corrected chi connectivity index (χ4v) is 7.69. The Morgan fingerprint density at radius 2 is 1.91 bits per heavy atom. The highest BCUT2D eigenvalue weighted by Crippen LogP contribution is 2.67. The lowest BCUT2D eigenvalue weighted by Gasteiger charge is -2.58. The summed E-state index contributed by atoms with van der Waals surface area (Å²) in [5.74, 6) is 4.18. The van der Waals surface area contributed by atoms with E-state index < -0.39 is 0 Å². The molecule has 0 nitrogen and oxygen atoms in total. The molecule has 4 aliphatic rings. The van der Waals surface area contributed by atoms with Crippen molar-refractivity contribution in [3.8, 4) is 0 Å². The van der Waals surface area contributed by atoms with Crippen LogP contribution in [-0.4, -0.2) is 0 Å². The van der Waals surface area contributed by atoms with Gasteiger partial charge in [0.15, 0.2) is 0 Å². The molecule has 0 amide bonds. The third-order valence-electron chi connectivity index (χ3n) is 8.86. The van der Waals surface area contributed by atoms with Crippen LogP contribution in [0.3, 0.4) is 0 Å². The number of fused-ring (bicyclic) bond motifs is 5. The Morgan fingerprint density at radius 1 is 1.05 bits per heavy atom. The van der Waals surface area contributed by atoms with Gasteiger partial charge in [0, 0.05) is 0 Å². The molecule has 0 heteroatoms. The maximum absolute atomic E-state index is 2.69. The smallest absolute Gasteiger partial charge is 0.00853 e. The summed E-state index contributed by atoms with van der Waals surface area (Å²) >= 11 is 0. The van der Waals surface area contributed by atoms with Crippen LogP contribution < -0.4 is 0 Å². The molecular weight excluding hydrogens is 264 g/mol. The number of hydrogen-bond donors (Lipinski definition) is 0. The molecule has 6 atom stereocenters. The summed E-state index contributed by atoms with van der Waals surface area (Å²) in [6, 6.07) is 0. The fourth-order valence-electron chi connectivity index (χ4n) is 7.69. The molecule has 0 spiro atoms. The molecule has 0 bridgehead atoms. The lowest BCUT2D eigenvalue weighted by atomic mass is 9.47. The summed E-state index contributed by atoms with van der Waals surface area (Å²) < 4.78 is 0. The first-order valence-electron chi connectivity index (χ1n) is 10.3. The summed E-state index contributed by atoms with van der Waals surface area (Å²) in [5.41, 5.74) is 3.15. The van der Waals surface area contributed by atoms with Crippen molar-refractivity contribution in [3.05, 3.63) is 11.6 Å². The first-order valence-corrected chi connectivity index (χ1v) is 10.3. The molecule has 0 heterocycles. The standard InChI is InChI=1S/C22H36/c1-4-7-16-10-12-19-18-11-9-17-8-5-6-14-21(17,2)20(18)13-15-22(16,19)3/h8,16,18-20H,4-7,9-15H2,1-3H3/t16-,18-,19-,20-,21-,22+/m0/s1. The van der Waals surface area contributed by atoms with Crippen molar-refractivity contribution in [1.82, 2.24) is 0 Å². The Hall–Kier alpha value is -0.260. The van der Waals surface area contributed by atoms with E-state index in [9.17, 15) is 0 Å². The van der Waals surface area contributed by atoms with Gasteiger partial charge in [0.05, 0.1) is 0 Å². The van der Waals surface area contributed by atoms with Gasteiger partial charge in [0.1, 0.15) is 0 Å². The molecule has 0 aromatic carbocycles. The minimum Gasteiger partial charge on any atom is -0.0848 e. The van der Waals surface area contributed by atoms with Crippen molar-refractivity contribution in [2.75, 3.05) is 0 Å². The molecule has 22 heavy (non-hydrogen) atoms. The molecule has 4 rings (SSSR count). The molecule has 4 aliphatic carbocycles. The zero-order valence-electron chi connectivity index (χ0n) is 15.2. The summed E-state index contributed by atoms with van der Waals surface area (Å²) in [5, 5.41) is 0. The Bertz CT molecular complexity index is 461. The van der Waals surface area contributed by atoms with Crippen LogP contribution in [0.1, 0.15) is 91.4 Å². The minimum atomic E-state index is 0.589. The summed E-state index contributed by atoms with van der Waals surface area (Å²) in [6.07, 6.45) is 18.9.